The average molecular weight is 294 g/mol. The standard InChI is InChI=1S/C15H22N2O4/c1-9(2)17(8-18)15(21)11-5-3-4-10-6-12(7-11)14(20)16-13(10)19/h8-12H,3-7H2,1-2H3,(H,16,19,20). The topological polar surface area (TPSA) is 83.6 Å². The van der Waals surface area contributed by atoms with Crippen LogP contribution < -0.4 is 5.32 Å². The number of hydrogen-bond donors (Lipinski definition) is 1. The van der Waals surface area contributed by atoms with Gasteiger partial charge in [0.15, 0.2) is 0 Å². The normalized spacial score (nSPS) is 29.4. The van der Waals surface area contributed by atoms with E-state index in [9.17, 15) is 19.2 Å². The van der Waals surface area contributed by atoms with Crippen LogP contribution >= 0.6 is 0 Å². The molecule has 2 rings (SSSR count). The van der Waals surface area contributed by atoms with E-state index in [4.69, 9.17) is 0 Å². The Morgan fingerprint density at radius 3 is 2.48 bits per heavy atom. The number of piperidine rings is 1. The summed E-state index contributed by atoms with van der Waals surface area (Å²) in [5.41, 5.74) is 0. The fraction of sp³-hybridized carbons (Fsp3) is 0.733. The monoisotopic (exact) mass is 294 g/mol. The van der Waals surface area contributed by atoms with E-state index < -0.39 is 0 Å². The van der Waals surface area contributed by atoms with Crippen LogP contribution in [0.1, 0.15) is 46.0 Å². The van der Waals surface area contributed by atoms with Crippen LogP contribution in [0, 0.1) is 17.8 Å². The molecule has 3 atom stereocenters. The fourth-order valence-electron chi connectivity index (χ4n) is 3.27. The summed E-state index contributed by atoms with van der Waals surface area (Å²) in [5.74, 6) is -1.40. The first-order chi connectivity index (χ1) is 9.93. The molecule has 0 spiro atoms. The first-order valence-corrected chi connectivity index (χ1v) is 7.56. The van der Waals surface area contributed by atoms with Crippen molar-refractivity contribution in [2.75, 3.05) is 0 Å². The van der Waals surface area contributed by atoms with E-state index >= 15 is 0 Å². The largest absolute Gasteiger partial charge is 0.296 e. The van der Waals surface area contributed by atoms with Crippen LogP contribution in [0.2, 0.25) is 0 Å². The first-order valence-electron chi connectivity index (χ1n) is 7.56. The molecule has 0 aromatic carbocycles. The Bertz CT molecular complexity index is 461. The van der Waals surface area contributed by atoms with Gasteiger partial charge in [0.1, 0.15) is 0 Å². The van der Waals surface area contributed by atoms with E-state index in [0.29, 0.717) is 32.1 Å². The Labute approximate surface area is 124 Å². The van der Waals surface area contributed by atoms with Crippen LogP contribution in [0.5, 0.6) is 0 Å². The third-order valence-corrected chi connectivity index (χ3v) is 4.50. The zero-order valence-electron chi connectivity index (χ0n) is 12.5. The molecule has 1 heterocycles. The van der Waals surface area contributed by atoms with Crippen LogP contribution in [0.3, 0.4) is 0 Å². The van der Waals surface area contributed by atoms with Crippen LogP contribution in [-0.4, -0.2) is 35.1 Å². The summed E-state index contributed by atoms with van der Waals surface area (Å²) in [4.78, 5) is 48.3. The van der Waals surface area contributed by atoms with Gasteiger partial charge in [-0.3, -0.25) is 29.4 Å². The smallest absolute Gasteiger partial charge is 0.232 e. The highest BCUT2D eigenvalue weighted by Gasteiger charge is 2.39. The van der Waals surface area contributed by atoms with Crippen molar-refractivity contribution in [3.63, 3.8) is 0 Å². The maximum absolute atomic E-state index is 12.5. The number of carbonyl (C=O) groups excluding carboxylic acids is 4. The Kier molecular flexibility index (Phi) is 4.75. The minimum absolute atomic E-state index is 0.115. The van der Waals surface area contributed by atoms with Gasteiger partial charge >= 0.3 is 0 Å². The van der Waals surface area contributed by atoms with E-state index in [1.54, 1.807) is 13.8 Å². The molecule has 2 aliphatic rings. The zero-order chi connectivity index (χ0) is 15.6. The van der Waals surface area contributed by atoms with E-state index in [1.165, 1.54) is 4.90 Å². The summed E-state index contributed by atoms with van der Waals surface area (Å²) in [5, 5.41) is 2.40. The summed E-state index contributed by atoms with van der Waals surface area (Å²) in [6.45, 7) is 3.58. The predicted octanol–water partition coefficient (Wildman–Crippen LogP) is 0.849. The minimum Gasteiger partial charge on any atom is -0.296 e. The number of carbonyl (C=O) groups is 4. The van der Waals surface area contributed by atoms with Gasteiger partial charge in [-0.05, 0) is 39.5 Å². The van der Waals surface area contributed by atoms with Gasteiger partial charge in [0, 0.05) is 23.8 Å². The average Bonchev–Trinajstić information content (AvgIpc) is 2.37. The van der Waals surface area contributed by atoms with Crippen molar-refractivity contribution >= 4 is 24.1 Å². The Morgan fingerprint density at radius 2 is 1.86 bits per heavy atom. The SMILES string of the molecule is CC(C)N(C=O)C(=O)C1CCCC2CC(C1)C(=O)NC2=O. The number of fused-ring (bicyclic) bond motifs is 2. The fourth-order valence-corrected chi connectivity index (χ4v) is 3.27. The van der Waals surface area contributed by atoms with Gasteiger partial charge in [0.05, 0.1) is 0 Å². The van der Waals surface area contributed by atoms with Crippen LogP contribution in [0.15, 0.2) is 0 Å². The lowest BCUT2D eigenvalue weighted by atomic mass is 9.76. The summed E-state index contributed by atoms with van der Waals surface area (Å²) >= 11 is 0. The van der Waals surface area contributed by atoms with Gasteiger partial charge in [0.2, 0.25) is 24.1 Å². The van der Waals surface area contributed by atoms with Crippen LogP contribution in [0.25, 0.3) is 0 Å². The van der Waals surface area contributed by atoms with Crippen LogP contribution in [-0.2, 0) is 19.2 Å². The maximum Gasteiger partial charge on any atom is 0.232 e. The van der Waals surface area contributed by atoms with E-state index in [1.807, 2.05) is 0 Å². The molecule has 1 N–H and O–H groups in total. The minimum atomic E-state index is -0.317. The second-order valence-corrected chi connectivity index (χ2v) is 6.29. The number of nitrogens with zero attached hydrogens (tertiary/aromatic N) is 1. The van der Waals surface area contributed by atoms with E-state index in [2.05, 4.69) is 5.32 Å². The molecule has 0 aromatic rings. The predicted molar refractivity (Wildman–Crippen MR) is 74.8 cm³/mol. The highest BCUT2D eigenvalue weighted by molar-refractivity contribution is 6.00. The Balaban J connectivity index is 2.12. The molecule has 6 nitrogen and oxygen atoms in total. The van der Waals surface area contributed by atoms with Crippen LogP contribution in [0.4, 0.5) is 0 Å². The summed E-state index contributed by atoms with van der Waals surface area (Å²) in [7, 11) is 0. The third kappa shape index (κ3) is 3.31. The number of imide groups is 2. The molecule has 116 valence electrons. The lowest BCUT2D eigenvalue weighted by Gasteiger charge is -2.34. The number of amides is 4. The lowest BCUT2D eigenvalue weighted by Crippen LogP contribution is -2.49. The van der Waals surface area contributed by atoms with Gasteiger partial charge < -0.3 is 0 Å². The number of hydrogen-bond acceptors (Lipinski definition) is 4. The molecule has 2 bridgehead atoms. The molecule has 1 aliphatic heterocycles. The molecule has 0 aromatic heterocycles. The molecule has 1 saturated heterocycles. The summed E-state index contributed by atoms with van der Waals surface area (Å²) in [6.07, 6.45) is 3.60. The van der Waals surface area contributed by atoms with E-state index in [0.717, 1.165) is 6.42 Å². The molecular formula is C15H22N2O4. The van der Waals surface area contributed by atoms with Crippen molar-refractivity contribution in [1.82, 2.24) is 10.2 Å². The number of nitrogens with one attached hydrogen (secondary N) is 1. The van der Waals surface area contributed by atoms with Gasteiger partial charge in [-0.15, -0.1) is 0 Å². The molecule has 0 radical (unpaired) electrons. The van der Waals surface area contributed by atoms with Gasteiger partial charge in [0.25, 0.3) is 0 Å². The molecule has 6 heteroatoms. The summed E-state index contributed by atoms with van der Waals surface area (Å²) < 4.78 is 0. The molecular weight excluding hydrogens is 272 g/mol. The highest BCUT2D eigenvalue weighted by atomic mass is 16.2. The van der Waals surface area contributed by atoms with Crippen molar-refractivity contribution in [2.24, 2.45) is 17.8 Å². The van der Waals surface area contributed by atoms with Gasteiger partial charge in [-0.2, -0.15) is 0 Å². The van der Waals surface area contributed by atoms with Crippen molar-refractivity contribution < 1.29 is 19.2 Å². The molecule has 4 amide bonds. The number of rotatable bonds is 3. The lowest BCUT2D eigenvalue weighted by molar-refractivity contribution is -0.145. The Hall–Kier alpha value is -1.72. The van der Waals surface area contributed by atoms with Crippen molar-refractivity contribution in [1.29, 1.82) is 0 Å². The summed E-state index contributed by atoms with van der Waals surface area (Å²) in [6, 6.07) is -0.185. The molecule has 2 fully saturated rings. The molecule has 1 aliphatic carbocycles. The molecule has 1 saturated carbocycles. The second kappa shape index (κ2) is 6.37. The van der Waals surface area contributed by atoms with Gasteiger partial charge in [-0.25, -0.2) is 0 Å². The second-order valence-electron chi connectivity index (χ2n) is 6.29. The van der Waals surface area contributed by atoms with E-state index in [-0.39, 0.29) is 41.5 Å². The Morgan fingerprint density at radius 1 is 1.19 bits per heavy atom. The molecule has 21 heavy (non-hydrogen) atoms. The zero-order valence-corrected chi connectivity index (χ0v) is 12.5. The van der Waals surface area contributed by atoms with Crippen molar-refractivity contribution in [3.8, 4) is 0 Å². The van der Waals surface area contributed by atoms with Crippen molar-refractivity contribution in [2.45, 2.75) is 52.0 Å². The highest BCUT2D eigenvalue weighted by Crippen LogP contribution is 2.34. The van der Waals surface area contributed by atoms with Gasteiger partial charge in [-0.1, -0.05) is 6.42 Å². The van der Waals surface area contributed by atoms with Crippen molar-refractivity contribution in [3.05, 3.63) is 0 Å². The molecule has 3 unspecified atom stereocenters. The quantitative estimate of drug-likeness (QED) is 0.618. The third-order valence-electron chi connectivity index (χ3n) is 4.50. The first kappa shape index (κ1) is 15.7. The maximum atomic E-state index is 12.5.